The second-order valence-corrected chi connectivity index (χ2v) is 6.31. The summed E-state index contributed by atoms with van der Waals surface area (Å²) in [5.41, 5.74) is 8.41. The van der Waals surface area contributed by atoms with Crippen molar-refractivity contribution < 1.29 is 14.4 Å². The maximum absolute atomic E-state index is 12.6. The van der Waals surface area contributed by atoms with Gasteiger partial charge in [0, 0.05) is 5.56 Å². The van der Waals surface area contributed by atoms with E-state index in [0.29, 0.717) is 11.3 Å². The van der Waals surface area contributed by atoms with Crippen molar-refractivity contribution in [3.63, 3.8) is 0 Å². The Morgan fingerprint density at radius 3 is 2.35 bits per heavy atom. The van der Waals surface area contributed by atoms with E-state index in [-0.39, 0.29) is 24.1 Å². The number of hydrogen-bond acceptors (Lipinski definition) is 4. The molecule has 2 aromatic carbocycles. The highest BCUT2D eigenvalue weighted by atomic mass is 16.2. The summed E-state index contributed by atoms with van der Waals surface area (Å²) in [5.74, 6) is -1.01. The molecule has 0 saturated carbocycles. The second-order valence-electron chi connectivity index (χ2n) is 6.31. The molecule has 134 valence electrons. The van der Waals surface area contributed by atoms with Crippen molar-refractivity contribution in [1.29, 1.82) is 0 Å². The van der Waals surface area contributed by atoms with Gasteiger partial charge in [-0.2, -0.15) is 0 Å². The first-order valence-electron chi connectivity index (χ1n) is 8.58. The molecular formula is C20H21N3O3. The van der Waals surface area contributed by atoms with Crippen LogP contribution in [0.3, 0.4) is 0 Å². The zero-order valence-electron chi connectivity index (χ0n) is 14.8. The fourth-order valence-corrected chi connectivity index (χ4v) is 2.83. The summed E-state index contributed by atoms with van der Waals surface area (Å²) in [4.78, 5) is 38.1. The second kappa shape index (κ2) is 7.49. The Bertz CT molecular complexity index is 828. The summed E-state index contributed by atoms with van der Waals surface area (Å²) < 4.78 is 0. The molecule has 6 nitrogen and oxygen atoms in total. The van der Waals surface area contributed by atoms with E-state index >= 15 is 0 Å². The molecule has 2 N–H and O–H groups in total. The van der Waals surface area contributed by atoms with Gasteiger partial charge < -0.3 is 0 Å². The number of rotatable bonds is 5. The maximum Gasteiger partial charge on any atom is 0.265 e. The number of amides is 3. The third-order valence-corrected chi connectivity index (χ3v) is 4.42. The molecule has 1 aliphatic rings. The van der Waals surface area contributed by atoms with Crippen LogP contribution in [-0.2, 0) is 16.0 Å². The summed E-state index contributed by atoms with van der Waals surface area (Å²) in [6, 6.07) is 13.6. The molecule has 0 unspecified atom stereocenters. The maximum atomic E-state index is 12.6. The van der Waals surface area contributed by atoms with E-state index < -0.39 is 6.04 Å². The number of anilines is 1. The minimum absolute atomic E-state index is 0.00252. The molecule has 0 aromatic heterocycles. The molecule has 1 saturated heterocycles. The molecular weight excluding hydrogens is 330 g/mol. The van der Waals surface area contributed by atoms with Gasteiger partial charge in [0.2, 0.25) is 5.91 Å². The number of carbonyl (C=O) groups is 3. The third-order valence-electron chi connectivity index (χ3n) is 4.42. The van der Waals surface area contributed by atoms with Gasteiger partial charge in [-0.25, -0.2) is 10.3 Å². The topological polar surface area (TPSA) is 78.5 Å². The lowest BCUT2D eigenvalue weighted by molar-refractivity contribution is -0.121. The van der Waals surface area contributed by atoms with Gasteiger partial charge in [-0.05, 0) is 43.2 Å². The molecule has 2 aromatic rings. The molecule has 1 heterocycles. The van der Waals surface area contributed by atoms with Crippen LogP contribution < -0.4 is 15.8 Å². The van der Waals surface area contributed by atoms with E-state index in [2.05, 4.69) is 10.9 Å². The highest BCUT2D eigenvalue weighted by molar-refractivity contribution is 6.22. The van der Waals surface area contributed by atoms with Gasteiger partial charge in [0.25, 0.3) is 11.8 Å². The van der Waals surface area contributed by atoms with Gasteiger partial charge in [-0.1, -0.05) is 36.8 Å². The Kier molecular flexibility index (Phi) is 5.14. The molecule has 0 bridgehead atoms. The average Bonchev–Trinajstić information content (AvgIpc) is 2.94. The number of nitrogens with zero attached hydrogens (tertiary/aromatic N) is 1. The lowest BCUT2D eigenvalue weighted by Gasteiger charge is -2.16. The van der Waals surface area contributed by atoms with Crippen LogP contribution in [-0.4, -0.2) is 23.8 Å². The number of hydrazine groups is 1. The first kappa shape index (κ1) is 17.8. The van der Waals surface area contributed by atoms with Crippen molar-refractivity contribution in [3.8, 4) is 0 Å². The largest absolute Gasteiger partial charge is 0.287 e. The lowest BCUT2D eigenvalue weighted by atomic mass is 10.1. The molecule has 1 fully saturated rings. The molecule has 0 aliphatic carbocycles. The Labute approximate surface area is 152 Å². The molecule has 1 aliphatic heterocycles. The van der Waals surface area contributed by atoms with E-state index in [1.54, 1.807) is 24.3 Å². The Hall–Kier alpha value is -2.99. The van der Waals surface area contributed by atoms with Crippen molar-refractivity contribution >= 4 is 23.4 Å². The van der Waals surface area contributed by atoms with Crippen molar-refractivity contribution in [2.45, 2.75) is 32.7 Å². The summed E-state index contributed by atoms with van der Waals surface area (Å²) in [7, 11) is 0. The Morgan fingerprint density at radius 1 is 1.08 bits per heavy atom. The van der Waals surface area contributed by atoms with E-state index in [9.17, 15) is 14.4 Å². The zero-order valence-corrected chi connectivity index (χ0v) is 14.8. The van der Waals surface area contributed by atoms with Crippen LogP contribution in [0.15, 0.2) is 48.5 Å². The summed E-state index contributed by atoms with van der Waals surface area (Å²) in [6.45, 7) is 3.97. The molecule has 26 heavy (non-hydrogen) atoms. The SMILES string of the molecule is CCc1ccc(N2C(=O)C[C@@H](NNC(=O)c3ccc(C)cc3)C2=O)cc1. The highest BCUT2D eigenvalue weighted by Crippen LogP contribution is 2.23. The molecule has 3 amide bonds. The molecule has 0 radical (unpaired) electrons. The molecule has 0 spiro atoms. The van der Waals surface area contributed by atoms with Gasteiger partial charge in [0.1, 0.15) is 6.04 Å². The number of hydrogen-bond donors (Lipinski definition) is 2. The first-order chi connectivity index (χ1) is 12.5. The molecule has 3 rings (SSSR count). The number of aryl methyl sites for hydroxylation is 2. The van der Waals surface area contributed by atoms with Crippen LogP contribution in [0.1, 0.15) is 34.8 Å². The summed E-state index contributed by atoms with van der Waals surface area (Å²) in [6.07, 6.45) is 0.889. The van der Waals surface area contributed by atoms with Gasteiger partial charge in [-0.15, -0.1) is 0 Å². The summed E-state index contributed by atoms with van der Waals surface area (Å²) in [5, 5.41) is 0. The summed E-state index contributed by atoms with van der Waals surface area (Å²) >= 11 is 0. The van der Waals surface area contributed by atoms with Crippen molar-refractivity contribution in [2.24, 2.45) is 0 Å². The minimum atomic E-state index is -0.775. The monoisotopic (exact) mass is 351 g/mol. The first-order valence-corrected chi connectivity index (χ1v) is 8.58. The quantitative estimate of drug-likeness (QED) is 0.639. The highest BCUT2D eigenvalue weighted by Gasteiger charge is 2.39. The van der Waals surface area contributed by atoms with Crippen LogP contribution in [0.4, 0.5) is 5.69 Å². The predicted octanol–water partition coefficient (Wildman–Crippen LogP) is 2.12. The number of benzene rings is 2. The van der Waals surface area contributed by atoms with Gasteiger partial charge in [0.15, 0.2) is 0 Å². The van der Waals surface area contributed by atoms with Gasteiger partial charge >= 0.3 is 0 Å². The fraction of sp³-hybridized carbons (Fsp3) is 0.250. The molecule has 1 atom stereocenters. The van der Waals surface area contributed by atoms with Crippen LogP contribution in [0.25, 0.3) is 0 Å². The lowest BCUT2D eigenvalue weighted by Crippen LogP contribution is -2.48. The fourth-order valence-electron chi connectivity index (χ4n) is 2.83. The van der Waals surface area contributed by atoms with Crippen LogP contribution in [0.5, 0.6) is 0 Å². The van der Waals surface area contributed by atoms with Crippen LogP contribution in [0, 0.1) is 6.92 Å². The van der Waals surface area contributed by atoms with Crippen LogP contribution in [0.2, 0.25) is 0 Å². The predicted molar refractivity (Wildman–Crippen MR) is 98.5 cm³/mol. The average molecular weight is 351 g/mol. The van der Waals surface area contributed by atoms with Crippen molar-refractivity contribution in [2.75, 3.05) is 4.90 Å². The van der Waals surface area contributed by atoms with Crippen LogP contribution >= 0.6 is 0 Å². The normalized spacial score (nSPS) is 16.8. The van der Waals surface area contributed by atoms with E-state index in [1.807, 2.05) is 38.1 Å². The standard InChI is InChI=1S/C20H21N3O3/c1-3-14-6-10-16(11-7-14)23-18(24)12-17(20(23)26)21-22-19(25)15-8-4-13(2)5-9-15/h4-11,17,21H,3,12H2,1-2H3,(H,22,25)/t17-/m1/s1. The minimum Gasteiger partial charge on any atom is -0.287 e. The Morgan fingerprint density at radius 2 is 1.73 bits per heavy atom. The number of imide groups is 1. The Balaban J connectivity index is 1.64. The van der Waals surface area contributed by atoms with E-state index in [4.69, 9.17) is 0 Å². The van der Waals surface area contributed by atoms with Crippen molar-refractivity contribution in [1.82, 2.24) is 10.9 Å². The zero-order chi connectivity index (χ0) is 18.7. The van der Waals surface area contributed by atoms with Crippen molar-refractivity contribution in [3.05, 3.63) is 65.2 Å². The number of nitrogens with one attached hydrogen (secondary N) is 2. The van der Waals surface area contributed by atoms with E-state index in [0.717, 1.165) is 22.4 Å². The van der Waals surface area contributed by atoms with Gasteiger partial charge in [-0.3, -0.25) is 19.8 Å². The van der Waals surface area contributed by atoms with E-state index in [1.165, 1.54) is 0 Å². The third kappa shape index (κ3) is 3.65. The smallest absolute Gasteiger partial charge is 0.265 e. The molecule has 6 heteroatoms. The van der Waals surface area contributed by atoms with Gasteiger partial charge in [0.05, 0.1) is 12.1 Å². The number of carbonyl (C=O) groups excluding carboxylic acids is 3.